The first-order valence-electron chi connectivity index (χ1n) is 7.32. The van der Waals surface area contributed by atoms with Gasteiger partial charge in [0.25, 0.3) is 0 Å². The van der Waals surface area contributed by atoms with E-state index in [0.717, 1.165) is 23.1 Å². The van der Waals surface area contributed by atoms with Gasteiger partial charge in [0.15, 0.2) is 5.96 Å². The number of guanidine groups is 1. The molecule has 126 valence electrons. The summed E-state index contributed by atoms with van der Waals surface area (Å²) in [6.45, 7) is 1.28. The highest BCUT2D eigenvalue weighted by Crippen LogP contribution is 2.23. The van der Waals surface area contributed by atoms with Crippen LogP contribution in [0.15, 0.2) is 63.5 Å². The molecular weight excluding hydrogens is 435 g/mol. The molecule has 0 fully saturated rings. The molecule has 2 heterocycles. The molecule has 0 amide bonds. The van der Waals surface area contributed by atoms with Crippen molar-refractivity contribution in [2.45, 2.75) is 13.1 Å². The van der Waals surface area contributed by atoms with E-state index < -0.39 is 0 Å². The Bertz CT molecular complexity index is 756. The van der Waals surface area contributed by atoms with Gasteiger partial charge in [-0.25, -0.2) is 4.98 Å². The van der Waals surface area contributed by atoms with Gasteiger partial charge in [-0.05, 0) is 17.0 Å². The molecule has 3 aromatic rings. The van der Waals surface area contributed by atoms with E-state index in [1.807, 2.05) is 35.7 Å². The van der Waals surface area contributed by atoms with Gasteiger partial charge in [0.05, 0.1) is 17.1 Å². The quantitative estimate of drug-likeness (QED) is 0.349. The summed E-state index contributed by atoms with van der Waals surface area (Å²) >= 11 is 1.61. The number of aromatic nitrogens is 1. The second-order valence-electron chi connectivity index (χ2n) is 4.89. The fourth-order valence-corrected chi connectivity index (χ4v) is 2.73. The van der Waals surface area contributed by atoms with Gasteiger partial charge in [0, 0.05) is 13.6 Å². The molecule has 0 bridgehead atoms. The highest BCUT2D eigenvalue weighted by molar-refractivity contribution is 14.0. The third-order valence-electron chi connectivity index (χ3n) is 3.25. The maximum Gasteiger partial charge on any atom is 0.236 e. The van der Waals surface area contributed by atoms with Gasteiger partial charge in [0.2, 0.25) is 5.89 Å². The first kappa shape index (κ1) is 18.5. The molecule has 0 unspecified atom stereocenters. The van der Waals surface area contributed by atoms with E-state index in [0.29, 0.717) is 12.4 Å². The first-order valence-corrected chi connectivity index (χ1v) is 8.20. The van der Waals surface area contributed by atoms with Crippen molar-refractivity contribution in [2.24, 2.45) is 4.99 Å². The summed E-state index contributed by atoms with van der Waals surface area (Å²) in [4.78, 5) is 9.72. The van der Waals surface area contributed by atoms with Crippen molar-refractivity contribution < 1.29 is 4.42 Å². The highest BCUT2D eigenvalue weighted by Gasteiger charge is 2.08. The maximum atomic E-state index is 5.50. The minimum Gasteiger partial charge on any atom is -0.443 e. The molecule has 0 aliphatic rings. The van der Waals surface area contributed by atoms with E-state index in [2.05, 4.69) is 32.7 Å². The molecule has 5 nitrogen and oxygen atoms in total. The molecule has 24 heavy (non-hydrogen) atoms. The highest BCUT2D eigenvalue weighted by atomic mass is 127. The lowest BCUT2D eigenvalue weighted by Crippen LogP contribution is -2.36. The summed E-state index contributed by atoms with van der Waals surface area (Å²) in [6, 6.07) is 14.2. The molecule has 0 saturated heterocycles. The molecule has 7 heteroatoms. The van der Waals surface area contributed by atoms with Crippen molar-refractivity contribution in [1.29, 1.82) is 0 Å². The minimum absolute atomic E-state index is 0. The van der Waals surface area contributed by atoms with Gasteiger partial charge in [-0.15, -0.1) is 35.3 Å². The summed E-state index contributed by atoms with van der Waals surface area (Å²) in [5.74, 6) is 1.39. The van der Waals surface area contributed by atoms with Crippen LogP contribution in [0.3, 0.4) is 0 Å². The topological polar surface area (TPSA) is 62.5 Å². The molecule has 0 aliphatic heterocycles. The van der Waals surface area contributed by atoms with Crippen molar-refractivity contribution in [3.63, 3.8) is 0 Å². The molecule has 0 saturated carbocycles. The minimum atomic E-state index is 0. The standard InChI is InChI=1S/C17H18N4OS.HI/c1-18-17(19-10-13-6-3-2-4-7-13)20-11-14-12-22-16(21-14)15-8-5-9-23-15;/h2-9,12H,10-11H2,1H3,(H2,18,19,20);1H. The molecular formula is C17H19IN4OS. The number of benzene rings is 1. The molecule has 0 radical (unpaired) electrons. The molecule has 0 aliphatic carbocycles. The molecule has 0 atom stereocenters. The van der Waals surface area contributed by atoms with Crippen LogP contribution in [0.2, 0.25) is 0 Å². The van der Waals surface area contributed by atoms with Crippen LogP contribution < -0.4 is 10.6 Å². The number of aliphatic imine (C=N–C) groups is 1. The van der Waals surface area contributed by atoms with Crippen LogP contribution in [-0.2, 0) is 13.1 Å². The van der Waals surface area contributed by atoms with Crippen LogP contribution in [0, 0.1) is 0 Å². The SMILES string of the molecule is CN=C(NCc1ccccc1)NCc1coc(-c2cccs2)n1.I. The van der Waals surface area contributed by atoms with E-state index in [9.17, 15) is 0 Å². The monoisotopic (exact) mass is 454 g/mol. The average molecular weight is 454 g/mol. The zero-order valence-corrected chi connectivity index (χ0v) is 16.4. The number of halogens is 1. The Morgan fingerprint density at radius 2 is 1.92 bits per heavy atom. The molecule has 2 aromatic heterocycles. The van der Waals surface area contributed by atoms with Crippen molar-refractivity contribution >= 4 is 41.3 Å². The Kier molecular flexibility index (Phi) is 7.26. The van der Waals surface area contributed by atoms with E-state index in [4.69, 9.17) is 4.42 Å². The van der Waals surface area contributed by atoms with Crippen molar-refractivity contribution in [3.8, 4) is 10.8 Å². The predicted molar refractivity (Wildman–Crippen MR) is 109 cm³/mol. The van der Waals surface area contributed by atoms with Gasteiger partial charge in [0.1, 0.15) is 6.26 Å². The zero-order chi connectivity index (χ0) is 15.9. The van der Waals surface area contributed by atoms with E-state index >= 15 is 0 Å². The fourth-order valence-electron chi connectivity index (χ4n) is 2.08. The van der Waals surface area contributed by atoms with Crippen molar-refractivity contribution in [3.05, 3.63) is 65.4 Å². The second-order valence-corrected chi connectivity index (χ2v) is 5.83. The number of nitrogens with zero attached hydrogens (tertiary/aromatic N) is 2. The lowest BCUT2D eigenvalue weighted by Gasteiger charge is -2.10. The summed E-state index contributed by atoms with van der Waals surface area (Å²) < 4.78 is 5.50. The lowest BCUT2D eigenvalue weighted by molar-refractivity contribution is 0.573. The summed E-state index contributed by atoms with van der Waals surface area (Å²) in [6.07, 6.45) is 1.67. The van der Waals surface area contributed by atoms with Crippen LogP contribution in [0.25, 0.3) is 10.8 Å². The molecule has 1 aromatic carbocycles. The van der Waals surface area contributed by atoms with Gasteiger partial charge >= 0.3 is 0 Å². The van der Waals surface area contributed by atoms with E-state index in [1.54, 1.807) is 24.6 Å². The number of oxazole rings is 1. The second kappa shape index (κ2) is 9.43. The maximum absolute atomic E-state index is 5.50. The number of hydrogen-bond acceptors (Lipinski definition) is 4. The Labute approximate surface area is 162 Å². The largest absolute Gasteiger partial charge is 0.443 e. The summed E-state index contributed by atoms with van der Waals surface area (Å²) in [5, 5.41) is 8.51. The average Bonchev–Trinajstić information content (AvgIpc) is 3.27. The van der Waals surface area contributed by atoms with Crippen LogP contribution in [0.1, 0.15) is 11.3 Å². The fraction of sp³-hybridized carbons (Fsp3) is 0.176. The molecule has 3 rings (SSSR count). The van der Waals surface area contributed by atoms with Gasteiger partial charge in [-0.2, -0.15) is 0 Å². The third-order valence-corrected chi connectivity index (χ3v) is 4.10. The normalized spacial score (nSPS) is 11.0. The molecule has 2 N–H and O–H groups in total. The Hall–Kier alpha value is -1.87. The van der Waals surface area contributed by atoms with Crippen LogP contribution >= 0.6 is 35.3 Å². The molecule has 0 spiro atoms. The van der Waals surface area contributed by atoms with Gasteiger partial charge in [-0.3, -0.25) is 4.99 Å². The summed E-state index contributed by atoms with van der Waals surface area (Å²) in [7, 11) is 1.75. The number of nitrogens with one attached hydrogen (secondary N) is 2. The number of thiophene rings is 1. The van der Waals surface area contributed by atoms with E-state index in [1.165, 1.54) is 5.56 Å². The van der Waals surface area contributed by atoms with Crippen LogP contribution in [0.5, 0.6) is 0 Å². The Morgan fingerprint density at radius 3 is 2.62 bits per heavy atom. The van der Waals surface area contributed by atoms with Gasteiger partial charge < -0.3 is 15.1 Å². The van der Waals surface area contributed by atoms with Crippen molar-refractivity contribution in [2.75, 3.05) is 7.05 Å². The van der Waals surface area contributed by atoms with Gasteiger partial charge in [-0.1, -0.05) is 36.4 Å². The first-order chi connectivity index (χ1) is 11.3. The van der Waals surface area contributed by atoms with E-state index in [-0.39, 0.29) is 24.0 Å². The predicted octanol–water partition coefficient (Wildman–Crippen LogP) is 3.89. The smallest absolute Gasteiger partial charge is 0.236 e. The Morgan fingerprint density at radius 1 is 1.12 bits per heavy atom. The Balaban J connectivity index is 0.00000208. The summed E-state index contributed by atoms with van der Waals surface area (Å²) in [5.41, 5.74) is 2.05. The number of hydrogen-bond donors (Lipinski definition) is 2. The van der Waals surface area contributed by atoms with Crippen LogP contribution in [-0.4, -0.2) is 18.0 Å². The van der Waals surface area contributed by atoms with Crippen molar-refractivity contribution in [1.82, 2.24) is 15.6 Å². The third kappa shape index (κ3) is 5.07. The zero-order valence-electron chi connectivity index (χ0n) is 13.2. The lowest BCUT2D eigenvalue weighted by atomic mass is 10.2. The van der Waals surface area contributed by atoms with Crippen LogP contribution in [0.4, 0.5) is 0 Å². The number of rotatable bonds is 5.